The minimum atomic E-state index is -1.19. The van der Waals surface area contributed by atoms with E-state index in [4.69, 9.17) is 0 Å². The quantitative estimate of drug-likeness (QED) is 0.206. The summed E-state index contributed by atoms with van der Waals surface area (Å²) in [6, 6.07) is 0. The average molecular weight is 327 g/mol. The number of rotatable bonds is 14. The molecule has 0 amide bonds. The number of allylic oxidation sites excluding steroid dienone is 11. The van der Waals surface area contributed by atoms with E-state index >= 15 is 0 Å². The molecule has 131 valence electrons. The van der Waals surface area contributed by atoms with Gasteiger partial charge in [0.2, 0.25) is 0 Å². The molecule has 0 aliphatic rings. The Morgan fingerprint density at radius 2 is 1.08 bits per heavy atom. The first-order chi connectivity index (χ1) is 11.8. The van der Waals surface area contributed by atoms with Gasteiger partial charge in [-0.05, 0) is 12.8 Å². The smallest absolute Gasteiger partial charge is 0.242 e. The van der Waals surface area contributed by atoms with Crippen LogP contribution in [0.3, 0.4) is 0 Å². The summed E-state index contributed by atoms with van der Waals surface area (Å²) in [5, 5.41) is 10.1. The Balaban J connectivity index is 3.57. The van der Waals surface area contributed by atoms with Crippen molar-refractivity contribution in [2.24, 2.45) is 0 Å². The van der Waals surface area contributed by atoms with Crippen molar-refractivity contribution in [2.45, 2.75) is 58.3 Å². The topological polar surface area (TPSA) is 37.0 Å². The lowest BCUT2D eigenvalue weighted by Gasteiger charge is -1.98. The van der Waals surface area contributed by atoms with Gasteiger partial charge in [0.25, 0.3) is 0 Å². The van der Waals surface area contributed by atoms with Crippen molar-refractivity contribution >= 4 is 5.97 Å². The molecule has 1 radical (unpaired) electrons. The number of hydrogen-bond donors (Lipinski definition) is 0. The number of hydrogen-bond acceptors (Lipinski definition) is 1. The molecule has 0 aliphatic heterocycles. The molecule has 0 rings (SSSR count). The van der Waals surface area contributed by atoms with Crippen LogP contribution in [0.25, 0.3) is 0 Å². The molecular formula is C22H31O2. The van der Waals surface area contributed by atoms with E-state index in [1.54, 1.807) is 12.2 Å². The fourth-order valence-electron chi connectivity index (χ4n) is 2.04. The number of carbonyl (C=O) groups is 1. The van der Waals surface area contributed by atoms with Gasteiger partial charge in [0.15, 0.2) is 0 Å². The van der Waals surface area contributed by atoms with E-state index in [2.05, 4.69) is 19.1 Å². The van der Waals surface area contributed by atoms with Crippen LogP contribution >= 0.6 is 0 Å². The minimum Gasteiger partial charge on any atom is -0.242 e. The zero-order valence-electron chi connectivity index (χ0n) is 14.9. The standard InChI is InChI=1S/C22H31O2/c1-2-3-4-5-6-7-8-9-10-11-12-13-14-15-16-17-18-19-20-21-22(23)24/h10-21H,2-9H2,1H3. The summed E-state index contributed by atoms with van der Waals surface area (Å²) >= 11 is 0. The Morgan fingerprint density at radius 1 is 0.625 bits per heavy atom. The van der Waals surface area contributed by atoms with Crippen LogP contribution in [-0.2, 0) is 9.90 Å². The van der Waals surface area contributed by atoms with Crippen molar-refractivity contribution < 1.29 is 9.90 Å². The normalized spacial score (nSPS) is 13.0. The van der Waals surface area contributed by atoms with Crippen molar-refractivity contribution in [1.82, 2.24) is 0 Å². The lowest BCUT2D eigenvalue weighted by atomic mass is 10.1. The van der Waals surface area contributed by atoms with Gasteiger partial charge in [-0.25, -0.2) is 9.90 Å². The molecule has 0 aromatic rings. The van der Waals surface area contributed by atoms with Crippen LogP contribution in [0.4, 0.5) is 0 Å². The summed E-state index contributed by atoms with van der Waals surface area (Å²) in [5.41, 5.74) is 0. The Hall–Kier alpha value is -2.09. The van der Waals surface area contributed by atoms with Crippen molar-refractivity contribution in [3.8, 4) is 0 Å². The highest BCUT2D eigenvalue weighted by Gasteiger charge is 1.88. The number of carbonyl (C=O) groups excluding carboxylic acids is 1. The van der Waals surface area contributed by atoms with Crippen LogP contribution in [0.5, 0.6) is 0 Å². The molecule has 0 saturated heterocycles. The zero-order chi connectivity index (χ0) is 17.7. The van der Waals surface area contributed by atoms with Crippen molar-refractivity contribution in [2.75, 3.05) is 0 Å². The maximum atomic E-state index is 10.1. The maximum absolute atomic E-state index is 10.1. The van der Waals surface area contributed by atoms with Gasteiger partial charge in [-0.3, -0.25) is 0 Å². The lowest BCUT2D eigenvalue weighted by molar-refractivity contribution is -0.137. The third kappa shape index (κ3) is 19.9. The highest BCUT2D eigenvalue weighted by atomic mass is 16.4. The monoisotopic (exact) mass is 327 g/mol. The molecule has 0 aromatic heterocycles. The van der Waals surface area contributed by atoms with Crippen LogP contribution in [0.1, 0.15) is 58.3 Å². The van der Waals surface area contributed by atoms with Crippen molar-refractivity contribution in [3.05, 3.63) is 72.9 Å². The van der Waals surface area contributed by atoms with Gasteiger partial charge in [-0.15, -0.1) is 0 Å². The Morgan fingerprint density at radius 3 is 1.62 bits per heavy atom. The summed E-state index contributed by atoms with van der Waals surface area (Å²) < 4.78 is 0. The molecule has 0 heterocycles. The van der Waals surface area contributed by atoms with Gasteiger partial charge < -0.3 is 0 Å². The first-order valence-corrected chi connectivity index (χ1v) is 8.98. The lowest BCUT2D eigenvalue weighted by Crippen LogP contribution is -1.80. The molecule has 0 spiro atoms. The van der Waals surface area contributed by atoms with Gasteiger partial charge in [0, 0.05) is 6.08 Å². The van der Waals surface area contributed by atoms with Crippen LogP contribution < -0.4 is 0 Å². The van der Waals surface area contributed by atoms with Crippen LogP contribution in [0.15, 0.2) is 72.9 Å². The van der Waals surface area contributed by atoms with Gasteiger partial charge in [-0.1, -0.05) is 112 Å². The van der Waals surface area contributed by atoms with Gasteiger partial charge >= 0.3 is 5.97 Å². The maximum Gasteiger partial charge on any atom is 0.379 e. The van der Waals surface area contributed by atoms with Crippen LogP contribution in [0, 0.1) is 0 Å². The van der Waals surface area contributed by atoms with Crippen molar-refractivity contribution in [1.29, 1.82) is 0 Å². The van der Waals surface area contributed by atoms with Gasteiger partial charge in [0.1, 0.15) is 0 Å². The zero-order valence-corrected chi connectivity index (χ0v) is 14.9. The highest BCUT2D eigenvalue weighted by Crippen LogP contribution is 2.08. The fourth-order valence-corrected chi connectivity index (χ4v) is 2.04. The van der Waals surface area contributed by atoms with E-state index in [0.717, 1.165) is 12.5 Å². The molecule has 0 N–H and O–H groups in total. The largest absolute Gasteiger partial charge is 0.379 e. The second-order valence-corrected chi connectivity index (χ2v) is 5.56. The predicted molar refractivity (Wildman–Crippen MR) is 103 cm³/mol. The Kier molecular flexibility index (Phi) is 17.3. The van der Waals surface area contributed by atoms with Gasteiger partial charge in [0.05, 0.1) is 0 Å². The van der Waals surface area contributed by atoms with Crippen molar-refractivity contribution in [3.63, 3.8) is 0 Å². The second kappa shape index (κ2) is 19.0. The summed E-state index contributed by atoms with van der Waals surface area (Å²) in [6.07, 6.45) is 32.4. The summed E-state index contributed by atoms with van der Waals surface area (Å²) in [7, 11) is 0. The molecule has 0 saturated carbocycles. The van der Waals surface area contributed by atoms with E-state index in [9.17, 15) is 9.90 Å². The third-order valence-corrected chi connectivity index (χ3v) is 3.34. The first-order valence-electron chi connectivity index (χ1n) is 8.98. The van der Waals surface area contributed by atoms with E-state index in [0.29, 0.717) is 0 Å². The van der Waals surface area contributed by atoms with Crippen LogP contribution in [0.2, 0.25) is 0 Å². The second-order valence-electron chi connectivity index (χ2n) is 5.56. The molecule has 0 bridgehead atoms. The SMILES string of the molecule is CCCCCCCCCC=CC=CC=CC=CC=CC=CC([O])=O. The first kappa shape index (κ1) is 21.9. The summed E-state index contributed by atoms with van der Waals surface area (Å²) in [6.45, 7) is 2.25. The highest BCUT2D eigenvalue weighted by molar-refractivity contribution is 5.79. The van der Waals surface area contributed by atoms with Crippen LogP contribution in [-0.4, -0.2) is 5.97 Å². The molecule has 2 nitrogen and oxygen atoms in total. The summed E-state index contributed by atoms with van der Waals surface area (Å²) in [4.78, 5) is 10.1. The van der Waals surface area contributed by atoms with Gasteiger partial charge in [-0.2, -0.15) is 0 Å². The van der Waals surface area contributed by atoms with E-state index in [1.807, 2.05) is 36.5 Å². The average Bonchev–Trinajstić information content (AvgIpc) is 2.56. The third-order valence-electron chi connectivity index (χ3n) is 3.34. The molecule has 24 heavy (non-hydrogen) atoms. The molecular weight excluding hydrogens is 296 g/mol. The Bertz CT molecular complexity index is 462. The van der Waals surface area contributed by atoms with E-state index in [-0.39, 0.29) is 0 Å². The van der Waals surface area contributed by atoms with E-state index < -0.39 is 5.97 Å². The minimum absolute atomic E-state index is 0.988. The molecule has 0 aromatic carbocycles. The van der Waals surface area contributed by atoms with E-state index in [1.165, 1.54) is 51.0 Å². The fraction of sp³-hybridized carbons (Fsp3) is 0.409. The molecule has 0 unspecified atom stereocenters. The predicted octanol–water partition coefficient (Wildman–Crippen LogP) is 6.42. The Labute approximate surface area is 147 Å². The number of unbranched alkanes of at least 4 members (excludes halogenated alkanes) is 7. The summed E-state index contributed by atoms with van der Waals surface area (Å²) in [5.74, 6) is -1.19. The molecule has 2 heteroatoms. The molecule has 0 fully saturated rings. The molecule has 0 atom stereocenters. The molecule has 0 aliphatic carbocycles.